The van der Waals surface area contributed by atoms with Crippen molar-refractivity contribution in [2.45, 2.75) is 32.2 Å². The van der Waals surface area contributed by atoms with Crippen molar-refractivity contribution in [3.8, 4) is 0 Å². The van der Waals surface area contributed by atoms with Crippen LogP contribution in [0.15, 0.2) is 12.1 Å². The van der Waals surface area contributed by atoms with Gasteiger partial charge in [0.1, 0.15) is 0 Å². The second-order valence-corrected chi connectivity index (χ2v) is 4.64. The summed E-state index contributed by atoms with van der Waals surface area (Å²) in [6.45, 7) is 1.20. The van der Waals surface area contributed by atoms with Gasteiger partial charge in [-0.1, -0.05) is 12.8 Å². The van der Waals surface area contributed by atoms with Crippen LogP contribution >= 0.6 is 0 Å². The molecule has 1 aromatic rings. The lowest BCUT2D eigenvalue weighted by Crippen LogP contribution is -2.15. The van der Waals surface area contributed by atoms with E-state index in [0.717, 1.165) is 31.0 Å². The normalized spacial score (nSPS) is 15.2. The van der Waals surface area contributed by atoms with Gasteiger partial charge in [-0.2, -0.15) is 0 Å². The highest BCUT2D eigenvalue weighted by Gasteiger charge is 2.19. The minimum atomic E-state index is -1.40. The smallest absolute Gasteiger partial charge is 0.194 e. The molecule has 0 aromatic heterocycles. The zero-order valence-electron chi connectivity index (χ0n) is 9.61. The fourth-order valence-corrected chi connectivity index (χ4v) is 1.87. The minimum absolute atomic E-state index is 0.374. The predicted molar refractivity (Wildman–Crippen MR) is 60.0 cm³/mol. The summed E-state index contributed by atoms with van der Waals surface area (Å²) in [5, 5.41) is 3.10. The van der Waals surface area contributed by atoms with E-state index in [9.17, 15) is 13.2 Å². The molecule has 0 aliphatic heterocycles. The Hall–Kier alpha value is -1.03. The van der Waals surface area contributed by atoms with Crippen LogP contribution < -0.4 is 5.32 Å². The number of nitrogens with one attached hydrogen (secondary N) is 1. The van der Waals surface area contributed by atoms with Crippen molar-refractivity contribution in [3.63, 3.8) is 0 Å². The van der Waals surface area contributed by atoms with E-state index in [-0.39, 0.29) is 0 Å². The molecule has 17 heavy (non-hydrogen) atoms. The van der Waals surface area contributed by atoms with Crippen LogP contribution in [0.3, 0.4) is 0 Å². The molecular formula is C13H16F3N. The fraction of sp³-hybridized carbons (Fsp3) is 0.538. The van der Waals surface area contributed by atoms with Crippen LogP contribution in [0.25, 0.3) is 0 Å². The molecule has 1 aliphatic rings. The van der Waals surface area contributed by atoms with Crippen molar-refractivity contribution in [1.29, 1.82) is 0 Å². The molecule has 0 spiro atoms. The average molecular weight is 243 g/mol. The Morgan fingerprint density at radius 3 is 2.35 bits per heavy atom. The van der Waals surface area contributed by atoms with Gasteiger partial charge in [0.15, 0.2) is 17.5 Å². The van der Waals surface area contributed by atoms with Gasteiger partial charge < -0.3 is 5.32 Å². The molecule has 4 heteroatoms. The average Bonchev–Trinajstić information content (AvgIpc) is 3.09. The molecule has 94 valence electrons. The molecule has 1 aromatic carbocycles. The number of benzene rings is 1. The summed E-state index contributed by atoms with van der Waals surface area (Å²) in [4.78, 5) is 0. The summed E-state index contributed by atoms with van der Waals surface area (Å²) in [5.41, 5.74) is 0.438. The van der Waals surface area contributed by atoms with Crippen molar-refractivity contribution >= 4 is 0 Å². The fourth-order valence-electron chi connectivity index (χ4n) is 1.87. The Kier molecular flexibility index (Phi) is 4.05. The quantitative estimate of drug-likeness (QED) is 0.596. The summed E-state index contributed by atoms with van der Waals surface area (Å²) >= 11 is 0. The minimum Gasteiger partial charge on any atom is -0.313 e. The molecule has 0 amide bonds. The van der Waals surface area contributed by atoms with Crippen LogP contribution in [0.1, 0.15) is 31.2 Å². The largest absolute Gasteiger partial charge is 0.313 e. The van der Waals surface area contributed by atoms with Crippen molar-refractivity contribution in [2.75, 3.05) is 6.54 Å². The topological polar surface area (TPSA) is 12.0 Å². The van der Waals surface area contributed by atoms with Crippen LogP contribution in [-0.4, -0.2) is 6.54 Å². The summed E-state index contributed by atoms with van der Waals surface area (Å²) in [6.07, 6.45) is 4.98. The van der Waals surface area contributed by atoms with Crippen LogP contribution in [0, 0.1) is 23.4 Å². The highest BCUT2D eigenvalue weighted by atomic mass is 19.2. The molecule has 0 saturated heterocycles. The van der Waals surface area contributed by atoms with Crippen LogP contribution in [0.4, 0.5) is 13.2 Å². The maximum Gasteiger partial charge on any atom is 0.194 e. The third kappa shape index (κ3) is 3.73. The van der Waals surface area contributed by atoms with Crippen molar-refractivity contribution in [3.05, 3.63) is 35.1 Å². The van der Waals surface area contributed by atoms with Crippen LogP contribution in [0.2, 0.25) is 0 Å². The maximum atomic E-state index is 12.9. The van der Waals surface area contributed by atoms with Gasteiger partial charge in [0.2, 0.25) is 0 Å². The lowest BCUT2D eigenvalue weighted by molar-refractivity contribution is 0.444. The molecular weight excluding hydrogens is 227 g/mol. The Labute approximate surface area is 99.0 Å². The van der Waals surface area contributed by atoms with Gasteiger partial charge in [0.25, 0.3) is 0 Å². The molecule has 1 saturated carbocycles. The molecule has 1 nitrogen and oxygen atoms in total. The van der Waals surface area contributed by atoms with Crippen LogP contribution in [0.5, 0.6) is 0 Å². The van der Waals surface area contributed by atoms with E-state index >= 15 is 0 Å². The standard InChI is InChI=1S/C13H16F3N/c14-11-6-10(7-12(15)13(11)16)8-17-5-1-2-9-3-4-9/h6-7,9,17H,1-5,8H2. The molecule has 0 heterocycles. The molecule has 1 aliphatic carbocycles. The molecule has 1 N–H and O–H groups in total. The van der Waals surface area contributed by atoms with E-state index in [1.165, 1.54) is 19.3 Å². The number of rotatable bonds is 6. The van der Waals surface area contributed by atoms with E-state index in [1.807, 2.05) is 0 Å². The van der Waals surface area contributed by atoms with Gasteiger partial charge in [0.05, 0.1) is 0 Å². The van der Waals surface area contributed by atoms with Crippen molar-refractivity contribution in [2.24, 2.45) is 5.92 Å². The summed E-state index contributed by atoms with van der Waals surface area (Å²) in [5.74, 6) is -2.75. The van der Waals surface area contributed by atoms with Crippen LogP contribution in [-0.2, 0) is 6.54 Å². The van der Waals surface area contributed by atoms with Gasteiger partial charge in [-0.05, 0) is 43.0 Å². The molecule has 0 bridgehead atoms. The second kappa shape index (κ2) is 5.54. The molecule has 2 rings (SSSR count). The zero-order chi connectivity index (χ0) is 12.3. The highest BCUT2D eigenvalue weighted by Crippen LogP contribution is 2.33. The first-order valence-electron chi connectivity index (χ1n) is 6.01. The number of hydrogen-bond acceptors (Lipinski definition) is 1. The Morgan fingerprint density at radius 1 is 1.12 bits per heavy atom. The van der Waals surface area contributed by atoms with Gasteiger partial charge in [-0.3, -0.25) is 0 Å². The zero-order valence-corrected chi connectivity index (χ0v) is 9.61. The molecule has 0 unspecified atom stereocenters. The number of hydrogen-bond donors (Lipinski definition) is 1. The van der Waals surface area contributed by atoms with E-state index in [4.69, 9.17) is 0 Å². The molecule has 0 atom stereocenters. The third-order valence-electron chi connectivity index (χ3n) is 3.04. The van der Waals surface area contributed by atoms with Gasteiger partial charge in [-0.25, -0.2) is 13.2 Å². The SMILES string of the molecule is Fc1cc(CNCCCC2CC2)cc(F)c1F. The highest BCUT2D eigenvalue weighted by molar-refractivity contribution is 5.19. The lowest BCUT2D eigenvalue weighted by atomic mass is 10.2. The summed E-state index contributed by atoms with van der Waals surface area (Å²) < 4.78 is 38.5. The van der Waals surface area contributed by atoms with Crippen molar-refractivity contribution in [1.82, 2.24) is 5.32 Å². The first kappa shape index (κ1) is 12.4. The van der Waals surface area contributed by atoms with Gasteiger partial charge in [-0.15, -0.1) is 0 Å². The summed E-state index contributed by atoms with van der Waals surface area (Å²) in [6, 6.07) is 2.07. The van der Waals surface area contributed by atoms with Crippen molar-refractivity contribution < 1.29 is 13.2 Å². The van der Waals surface area contributed by atoms with Gasteiger partial charge in [0, 0.05) is 6.54 Å². The molecule has 1 fully saturated rings. The predicted octanol–water partition coefficient (Wildman–Crippen LogP) is 3.38. The third-order valence-corrected chi connectivity index (χ3v) is 3.04. The van der Waals surface area contributed by atoms with E-state index in [1.54, 1.807) is 0 Å². The molecule has 0 radical (unpaired) electrons. The summed E-state index contributed by atoms with van der Waals surface area (Å²) in [7, 11) is 0. The Bertz CT molecular complexity index is 365. The Balaban J connectivity index is 1.73. The lowest BCUT2D eigenvalue weighted by Gasteiger charge is -2.05. The first-order chi connectivity index (χ1) is 8.16. The van der Waals surface area contributed by atoms with E-state index in [0.29, 0.717) is 12.1 Å². The van der Waals surface area contributed by atoms with Gasteiger partial charge >= 0.3 is 0 Å². The monoisotopic (exact) mass is 243 g/mol. The van der Waals surface area contributed by atoms with E-state index < -0.39 is 17.5 Å². The first-order valence-corrected chi connectivity index (χ1v) is 6.01. The number of halogens is 3. The Morgan fingerprint density at radius 2 is 1.76 bits per heavy atom. The maximum absolute atomic E-state index is 12.9. The second-order valence-electron chi connectivity index (χ2n) is 4.64. The van der Waals surface area contributed by atoms with E-state index in [2.05, 4.69) is 5.32 Å².